The monoisotopic (exact) mass is 471 g/mol. The van der Waals surface area contributed by atoms with Crippen molar-refractivity contribution in [1.29, 1.82) is 0 Å². The number of carbonyl (C=O) groups excluding carboxylic acids is 2. The number of hydrogen-bond acceptors (Lipinski definition) is 13. The molecule has 0 spiro atoms. The molecule has 15 heteroatoms. The summed E-state index contributed by atoms with van der Waals surface area (Å²) in [6, 6.07) is -0.840. The van der Waals surface area contributed by atoms with Gasteiger partial charge in [0.2, 0.25) is 5.91 Å². The third-order valence-corrected chi connectivity index (χ3v) is 5.39. The van der Waals surface area contributed by atoms with E-state index in [1.165, 1.54) is 22.7 Å². The smallest absolute Gasteiger partial charge is 0.413 e. The van der Waals surface area contributed by atoms with Gasteiger partial charge < -0.3 is 25.4 Å². The molecule has 0 radical (unpaired) electrons. The van der Waals surface area contributed by atoms with Crippen molar-refractivity contribution in [3.63, 3.8) is 0 Å². The molecule has 32 heavy (non-hydrogen) atoms. The average Bonchev–Trinajstić information content (AvgIpc) is 3.32. The van der Waals surface area contributed by atoms with E-state index in [0.29, 0.717) is 18.0 Å². The number of hydrogen-bond donors (Lipinski definition) is 6. The summed E-state index contributed by atoms with van der Waals surface area (Å²) in [6.07, 6.45) is -1.90. The normalized spacial score (nSPS) is 23.8. The summed E-state index contributed by atoms with van der Waals surface area (Å²) in [4.78, 5) is 36.2. The van der Waals surface area contributed by atoms with E-state index in [0.717, 1.165) is 0 Å². The van der Waals surface area contributed by atoms with Crippen LogP contribution in [0.1, 0.15) is 26.0 Å². The zero-order chi connectivity index (χ0) is 23.4. The topological polar surface area (TPSA) is 207 Å². The van der Waals surface area contributed by atoms with Gasteiger partial charge in [-0.3, -0.25) is 25.4 Å². The van der Waals surface area contributed by atoms with Crippen molar-refractivity contribution < 1.29 is 34.5 Å². The number of alkyl carbamates (subject to hydrolysis) is 1. The van der Waals surface area contributed by atoms with Crippen LogP contribution in [0.15, 0.2) is 11.5 Å². The predicted molar refractivity (Wildman–Crippen MR) is 111 cm³/mol. The summed E-state index contributed by atoms with van der Waals surface area (Å²) in [5.74, 6) is -0.612. The quantitative estimate of drug-likeness (QED) is 0.161. The number of imide groups is 1. The molecule has 0 aliphatic carbocycles. The molecule has 1 saturated heterocycles. The van der Waals surface area contributed by atoms with E-state index in [1.54, 1.807) is 6.26 Å². The minimum atomic E-state index is -1.40. The molecule has 0 aromatic carbocycles. The van der Waals surface area contributed by atoms with Crippen LogP contribution < -0.4 is 16.5 Å². The van der Waals surface area contributed by atoms with Gasteiger partial charge in [0.15, 0.2) is 28.4 Å². The van der Waals surface area contributed by atoms with E-state index >= 15 is 0 Å². The van der Waals surface area contributed by atoms with E-state index in [1.807, 2.05) is 17.7 Å². The Balaban J connectivity index is 1.69. The molecule has 2 aromatic rings. The lowest BCUT2D eigenvalue weighted by Gasteiger charge is -2.17. The van der Waals surface area contributed by atoms with Crippen molar-refractivity contribution in [3.05, 3.63) is 6.33 Å². The number of nitrogens with one attached hydrogen (secondary N) is 2. The lowest BCUT2D eigenvalue weighted by Crippen LogP contribution is -2.44. The number of rotatable bonds is 8. The highest BCUT2D eigenvalue weighted by Crippen LogP contribution is 2.33. The molecule has 0 saturated carbocycles. The first kappa shape index (κ1) is 24.1. The highest BCUT2D eigenvalue weighted by molar-refractivity contribution is 7.98. The van der Waals surface area contributed by atoms with E-state index in [-0.39, 0.29) is 17.0 Å². The molecule has 2 aromatic heterocycles. The van der Waals surface area contributed by atoms with Gasteiger partial charge in [-0.15, -0.1) is 0 Å². The number of aromatic nitrogens is 4. The Kier molecular flexibility index (Phi) is 7.81. The Morgan fingerprint density at radius 1 is 1.38 bits per heavy atom. The molecule has 0 bridgehead atoms. The van der Waals surface area contributed by atoms with Crippen LogP contribution in [0.3, 0.4) is 0 Å². The third-order valence-electron chi connectivity index (χ3n) is 4.84. The number of nitrogens with two attached hydrogens (primary N) is 1. The van der Waals surface area contributed by atoms with Crippen LogP contribution in [0.2, 0.25) is 0 Å². The van der Waals surface area contributed by atoms with Crippen molar-refractivity contribution >= 4 is 40.7 Å². The summed E-state index contributed by atoms with van der Waals surface area (Å²) in [5, 5.41) is 32.5. The maximum absolute atomic E-state index is 11.9. The Morgan fingerprint density at radius 2 is 2.12 bits per heavy atom. The van der Waals surface area contributed by atoms with Gasteiger partial charge in [-0.2, -0.15) is 0 Å². The van der Waals surface area contributed by atoms with E-state index in [9.17, 15) is 25.0 Å². The Labute approximate surface area is 186 Å². The number of nitrogens with zero attached hydrogens (tertiary/aromatic N) is 4. The number of aliphatic hydroxyl groups is 2. The highest BCUT2D eigenvalue weighted by Gasteiger charge is 2.45. The van der Waals surface area contributed by atoms with Gasteiger partial charge in [-0.25, -0.2) is 19.7 Å². The zero-order valence-electron chi connectivity index (χ0n) is 17.3. The molecule has 1 fully saturated rings. The SMILES string of the molecule is CCC[C@H](N)C(=O)NC(=O)OC[C@H]1O[C@@H](n2cnc3c(NO)nc(SC)nc32)[C@H](O)[C@@H]1O. The fourth-order valence-corrected chi connectivity index (χ4v) is 3.54. The first-order valence-electron chi connectivity index (χ1n) is 9.74. The molecule has 176 valence electrons. The van der Waals surface area contributed by atoms with Gasteiger partial charge in [-0.1, -0.05) is 25.1 Å². The maximum atomic E-state index is 11.9. The largest absolute Gasteiger partial charge is 0.446 e. The number of carbonyl (C=O) groups is 2. The first-order chi connectivity index (χ1) is 15.3. The fraction of sp³-hybridized carbons (Fsp3) is 0.588. The predicted octanol–water partition coefficient (Wildman–Crippen LogP) is -0.651. The van der Waals surface area contributed by atoms with E-state index in [2.05, 4.69) is 15.0 Å². The minimum Gasteiger partial charge on any atom is -0.446 e. The minimum absolute atomic E-state index is 0.0636. The molecular weight excluding hydrogens is 446 g/mol. The number of thioether (sulfide) groups is 1. The van der Waals surface area contributed by atoms with Crippen LogP contribution in [0.25, 0.3) is 11.2 Å². The molecule has 2 amide bonds. The average molecular weight is 471 g/mol. The molecule has 1 aliphatic heterocycles. The molecular formula is C17H25N7O7S. The number of fused-ring (bicyclic) bond motifs is 1. The second-order valence-electron chi connectivity index (χ2n) is 7.02. The summed E-state index contributed by atoms with van der Waals surface area (Å²) in [5.41, 5.74) is 8.04. The summed E-state index contributed by atoms with van der Waals surface area (Å²) < 4.78 is 12.0. The van der Waals surface area contributed by atoms with Gasteiger partial charge in [0.05, 0.1) is 12.4 Å². The zero-order valence-corrected chi connectivity index (χ0v) is 18.2. The van der Waals surface area contributed by atoms with Crippen LogP contribution in [-0.2, 0) is 14.3 Å². The standard InChI is InChI=1S/C17H25N7O7S/c1-3-4-7(18)14(27)22-17(28)30-5-8-10(25)11(26)15(31-8)24-6-19-9-12(23-29)20-16(32-2)21-13(9)24/h6-8,10-11,15,25-26,29H,3-5,18H2,1-2H3,(H,20,21,23)(H,22,27,28)/t7-,8+,10+,11+,15+/m0/s1. The second kappa shape index (κ2) is 10.4. The van der Waals surface area contributed by atoms with Crippen LogP contribution in [0.4, 0.5) is 10.6 Å². The van der Waals surface area contributed by atoms with E-state index < -0.39 is 49.2 Å². The Bertz CT molecular complexity index is 974. The van der Waals surface area contributed by atoms with Crippen LogP contribution in [-0.4, -0.2) is 84.2 Å². The van der Waals surface area contributed by atoms with Crippen LogP contribution in [0, 0.1) is 0 Å². The summed E-state index contributed by atoms with van der Waals surface area (Å²) in [6.45, 7) is 1.42. The second-order valence-corrected chi connectivity index (χ2v) is 7.80. The summed E-state index contributed by atoms with van der Waals surface area (Å²) >= 11 is 1.22. The van der Waals surface area contributed by atoms with Crippen LogP contribution >= 0.6 is 11.8 Å². The Morgan fingerprint density at radius 3 is 2.78 bits per heavy atom. The maximum Gasteiger partial charge on any atom is 0.413 e. The fourth-order valence-electron chi connectivity index (χ4n) is 3.18. The molecule has 3 rings (SSSR count). The summed E-state index contributed by atoms with van der Waals surface area (Å²) in [7, 11) is 0. The molecule has 5 atom stereocenters. The highest BCUT2D eigenvalue weighted by atomic mass is 32.2. The Hall–Kier alpha value is -2.56. The van der Waals surface area contributed by atoms with Gasteiger partial charge in [0, 0.05) is 0 Å². The molecule has 0 unspecified atom stereocenters. The number of imidazole rings is 1. The van der Waals surface area contributed by atoms with Gasteiger partial charge >= 0.3 is 6.09 Å². The van der Waals surface area contributed by atoms with Gasteiger partial charge in [-0.05, 0) is 12.7 Å². The molecule has 1 aliphatic rings. The first-order valence-corrected chi connectivity index (χ1v) is 11.0. The van der Waals surface area contributed by atoms with Crippen molar-refractivity contribution in [1.82, 2.24) is 24.8 Å². The van der Waals surface area contributed by atoms with Crippen molar-refractivity contribution in [2.45, 2.75) is 55.5 Å². The molecule has 7 N–H and O–H groups in total. The number of aliphatic hydroxyl groups excluding tert-OH is 2. The third kappa shape index (κ3) is 4.92. The molecule has 3 heterocycles. The number of anilines is 1. The van der Waals surface area contributed by atoms with Gasteiger partial charge in [0.25, 0.3) is 0 Å². The number of ether oxygens (including phenoxy) is 2. The number of amides is 2. The molecule has 14 nitrogen and oxygen atoms in total. The van der Waals surface area contributed by atoms with Gasteiger partial charge in [0.1, 0.15) is 24.9 Å². The van der Waals surface area contributed by atoms with Crippen molar-refractivity contribution in [2.24, 2.45) is 5.73 Å². The van der Waals surface area contributed by atoms with Crippen molar-refractivity contribution in [3.8, 4) is 0 Å². The van der Waals surface area contributed by atoms with Crippen LogP contribution in [0.5, 0.6) is 0 Å². The van der Waals surface area contributed by atoms with Crippen molar-refractivity contribution in [2.75, 3.05) is 18.3 Å². The van der Waals surface area contributed by atoms with E-state index in [4.69, 9.17) is 15.2 Å². The lowest BCUT2D eigenvalue weighted by molar-refractivity contribution is -0.122. The lowest BCUT2D eigenvalue weighted by atomic mass is 10.1.